The second kappa shape index (κ2) is 9.60. The minimum absolute atomic E-state index is 0.767. The molecule has 6 heteroatoms. The molecule has 0 saturated heterocycles. The molecule has 0 amide bonds. The minimum atomic E-state index is -1.86. The molecular weight excluding hydrogens is 252 g/mol. The third kappa shape index (κ3) is 7.00. The highest BCUT2D eigenvalue weighted by molar-refractivity contribution is 5.84. The van der Waals surface area contributed by atoms with Gasteiger partial charge in [0.2, 0.25) is 0 Å². The number of aliphatic hydroxyl groups is 5. The fourth-order valence-corrected chi connectivity index (χ4v) is 1.14. The lowest BCUT2D eigenvalue weighted by Gasteiger charge is -2.19. The Balaban J connectivity index is 0.000000388. The monoisotopic (exact) mass is 272 g/mol. The number of benzene rings is 1. The Labute approximate surface area is 111 Å². The van der Waals surface area contributed by atoms with Crippen LogP contribution in [0.15, 0.2) is 30.3 Å². The van der Waals surface area contributed by atoms with Gasteiger partial charge in [0, 0.05) is 0 Å². The summed E-state index contributed by atoms with van der Waals surface area (Å²) in [6, 6.07) is 10.3. The van der Waals surface area contributed by atoms with Gasteiger partial charge < -0.3 is 25.5 Å². The Bertz CT molecular complexity index is 353. The summed E-state index contributed by atoms with van der Waals surface area (Å²) in [7, 11) is 0. The molecule has 0 radical (unpaired) electrons. The van der Waals surface area contributed by atoms with Gasteiger partial charge in [0.15, 0.2) is 5.78 Å². The molecular formula is C13H20O6. The van der Waals surface area contributed by atoms with E-state index in [1.165, 1.54) is 5.56 Å². The minimum Gasteiger partial charge on any atom is -0.394 e. The number of Topliss-reactive ketones (excluding diaryl/α,β-unsaturated/α-hetero) is 1. The van der Waals surface area contributed by atoms with Crippen LogP contribution in [-0.2, 0) is 4.79 Å². The molecule has 0 bridgehead atoms. The van der Waals surface area contributed by atoms with E-state index in [1.54, 1.807) is 0 Å². The van der Waals surface area contributed by atoms with E-state index in [0.717, 1.165) is 0 Å². The van der Waals surface area contributed by atoms with Crippen LogP contribution in [0.5, 0.6) is 0 Å². The van der Waals surface area contributed by atoms with Crippen LogP contribution in [0.4, 0.5) is 0 Å². The van der Waals surface area contributed by atoms with Gasteiger partial charge in [-0.3, -0.25) is 4.79 Å². The molecule has 6 nitrogen and oxygen atoms in total. The zero-order chi connectivity index (χ0) is 14.8. The van der Waals surface area contributed by atoms with Crippen molar-refractivity contribution in [3.8, 4) is 0 Å². The first-order valence-corrected chi connectivity index (χ1v) is 5.74. The Kier molecular flexibility index (Phi) is 8.94. The van der Waals surface area contributed by atoms with E-state index >= 15 is 0 Å². The molecule has 0 heterocycles. The summed E-state index contributed by atoms with van der Waals surface area (Å²) < 4.78 is 0. The first-order valence-electron chi connectivity index (χ1n) is 5.74. The van der Waals surface area contributed by atoms with Crippen LogP contribution in [-0.4, -0.2) is 62.8 Å². The first kappa shape index (κ1) is 17.7. The summed E-state index contributed by atoms with van der Waals surface area (Å²) >= 11 is 0. The largest absolute Gasteiger partial charge is 0.394 e. The molecule has 108 valence electrons. The zero-order valence-electron chi connectivity index (χ0n) is 10.7. The van der Waals surface area contributed by atoms with Gasteiger partial charge in [0.1, 0.15) is 24.9 Å². The lowest BCUT2D eigenvalue weighted by atomic mass is 10.1. The fourth-order valence-electron chi connectivity index (χ4n) is 1.14. The maximum atomic E-state index is 10.5. The first-order chi connectivity index (χ1) is 8.93. The van der Waals surface area contributed by atoms with E-state index in [-0.39, 0.29) is 0 Å². The van der Waals surface area contributed by atoms with E-state index in [1.807, 2.05) is 18.2 Å². The van der Waals surface area contributed by atoms with Gasteiger partial charge in [-0.1, -0.05) is 35.9 Å². The molecule has 1 aromatic rings. The summed E-state index contributed by atoms with van der Waals surface area (Å²) in [5.74, 6) is -1.00. The van der Waals surface area contributed by atoms with Crippen LogP contribution in [0.1, 0.15) is 5.56 Å². The molecule has 0 aromatic heterocycles. The van der Waals surface area contributed by atoms with Crippen LogP contribution in [0, 0.1) is 6.92 Å². The predicted molar refractivity (Wildman–Crippen MR) is 68.4 cm³/mol. The zero-order valence-corrected chi connectivity index (χ0v) is 10.7. The highest BCUT2D eigenvalue weighted by Crippen LogP contribution is 2.00. The predicted octanol–water partition coefficient (Wildman–Crippen LogP) is -1.38. The van der Waals surface area contributed by atoms with Crippen molar-refractivity contribution in [2.75, 3.05) is 13.2 Å². The number of aliphatic hydroxyl groups excluding tert-OH is 5. The second-order valence-corrected chi connectivity index (χ2v) is 3.96. The number of ketones is 1. The molecule has 0 spiro atoms. The third-order valence-electron chi connectivity index (χ3n) is 2.33. The molecule has 1 rings (SSSR count). The van der Waals surface area contributed by atoms with Crippen molar-refractivity contribution in [2.24, 2.45) is 0 Å². The van der Waals surface area contributed by atoms with Gasteiger partial charge in [0.05, 0.1) is 6.61 Å². The van der Waals surface area contributed by atoms with Gasteiger partial charge >= 0.3 is 0 Å². The van der Waals surface area contributed by atoms with Gasteiger partial charge in [-0.05, 0) is 6.92 Å². The topological polar surface area (TPSA) is 118 Å². The molecule has 19 heavy (non-hydrogen) atoms. The number of carbonyl (C=O) groups excluding carboxylic acids is 1. The van der Waals surface area contributed by atoms with E-state index in [9.17, 15) is 4.79 Å². The Morgan fingerprint density at radius 3 is 1.95 bits per heavy atom. The van der Waals surface area contributed by atoms with E-state index in [0.29, 0.717) is 0 Å². The van der Waals surface area contributed by atoms with Gasteiger partial charge in [-0.25, -0.2) is 0 Å². The fraction of sp³-hybridized carbons (Fsp3) is 0.462. The molecule has 1 aromatic carbocycles. The standard InChI is InChI=1S/C7H8.C6H12O6/c1-7-5-3-2-4-6-7;7-1-3(9)5(11)6(12)4(10)2-8/h2-6H,1H3;3,5-9,11-12H,1-2H2/t;3-,5-,6-/m.1/s1. The summed E-state index contributed by atoms with van der Waals surface area (Å²) in [5.41, 5.74) is 1.32. The lowest BCUT2D eigenvalue weighted by Crippen LogP contribution is -2.44. The van der Waals surface area contributed by atoms with Crippen LogP contribution in [0.2, 0.25) is 0 Å². The number of carbonyl (C=O) groups is 1. The van der Waals surface area contributed by atoms with Gasteiger partial charge in [0.25, 0.3) is 0 Å². The van der Waals surface area contributed by atoms with Gasteiger partial charge in [-0.2, -0.15) is 0 Å². The number of hydrogen-bond donors (Lipinski definition) is 5. The third-order valence-corrected chi connectivity index (χ3v) is 2.33. The van der Waals surface area contributed by atoms with Crippen molar-refractivity contribution in [3.63, 3.8) is 0 Å². The highest BCUT2D eigenvalue weighted by atomic mass is 16.4. The summed E-state index contributed by atoms with van der Waals surface area (Å²) in [6.07, 6.45) is -5.22. The Hall–Kier alpha value is -1.31. The maximum absolute atomic E-state index is 10.5. The van der Waals surface area contributed by atoms with Crippen molar-refractivity contribution >= 4 is 5.78 Å². The maximum Gasteiger partial charge on any atom is 0.189 e. The summed E-state index contributed by atoms with van der Waals surface area (Å²) in [5, 5.41) is 43.1. The summed E-state index contributed by atoms with van der Waals surface area (Å²) in [4.78, 5) is 10.5. The van der Waals surface area contributed by atoms with E-state index < -0.39 is 37.3 Å². The molecule has 0 fully saturated rings. The molecule has 3 atom stereocenters. The van der Waals surface area contributed by atoms with Crippen molar-refractivity contribution < 1.29 is 30.3 Å². The normalized spacial score (nSPS) is 14.8. The van der Waals surface area contributed by atoms with Crippen LogP contribution < -0.4 is 0 Å². The van der Waals surface area contributed by atoms with Crippen molar-refractivity contribution in [1.29, 1.82) is 0 Å². The number of aryl methyl sites for hydroxylation is 1. The average Bonchev–Trinajstić information content (AvgIpc) is 2.45. The quantitative estimate of drug-likeness (QED) is 0.451. The molecule has 0 saturated carbocycles. The molecule has 0 aliphatic rings. The molecule has 5 N–H and O–H groups in total. The molecule has 0 unspecified atom stereocenters. The Morgan fingerprint density at radius 1 is 1.11 bits per heavy atom. The van der Waals surface area contributed by atoms with E-state index in [4.69, 9.17) is 25.5 Å². The number of rotatable bonds is 5. The summed E-state index contributed by atoms with van der Waals surface area (Å²) in [6.45, 7) is 0.396. The lowest BCUT2D eigenvalue weighted by molar-refractivity contribution is -0.142. The van der Waals surface area contributed by atoms with Crippen molar-refractivity contribution in [3.05, 3.63) is 35.9 Å². The highest BCUT2D eigenvalue weighted by Gasteiger charge is 2.28. The molecule has 0 aliphatic heterocycles. The van der Waals surface area contributed by atoms with Gasteiger partial charge in [-0.15, -0.1) is 0 Å². The van der Waals surface area contributed by atoms with Crippen LogP contribution in [0.25, 0.3) is 0 Å². The molecule has 0 aliphatic carbocycles. The SMILES string of the molecule is Cc1ccccc1.O=C(CO)[C@@H](O)[C@H](O)[C@H](O)CO. The van der Waals surface area contributed by atoms with Crippen LogP contribution in [0.3, 0.4) is 0 Å². The van der Waals surface area contributed by atoms with Crippen molar-refractivity contribution in [1.82, 2.24) is 0 Å². The van der Waals surface area contributed by atoms with E-state index in [2.05, 4.69) is 19.1 Å². The second-order valence-electron chi connectivity index (χ2n) is 3.96. The van der Waals surface area contributed by atoms with Crippen LogP contribution >= 0.6 is 0 Å². The smallest absolute Gasteiger partial charge is 0.189 e. The number of hydrogen-bond acceptors (Lipinski definition) is 6. The average molecular weight is 272 g/mol. The Morgan fingerprint density at radius 2 is 1.63 bits per heavy atom. The van der Waals surface area contributed by atoms with Crippen molar-refractivity contribution in [2.45, 2.75) is 25.2 Å².